The Hall–Kier alpha value is -1.95. The fourth-order valence-corrected chi connectivity index (χ4v) is 2.22. The molecule has 2 aromatic rings. The Bertz CT molecular complexity index is 706. The van der Waals surface area contributed by atoms with Crippen LogP contribution in [0.25, 0.3) is 0 Å². The van der Waals surface area contributed by atoms with Crippen molar-refractivity contribution in [3.8, 4) is 5.88 Å². The third kappa shape index (κ3) is 5.03. The standard InChI is InChI=1S/C17H19BrFN3O/c1-4-22(3)11-20-16-9-15(18)17(21-12(16)2)23-10-13-6-5-7-14(19)8-13/h5-9,11H,4,10H2,1-3H3/b20-11+. The quantitative estimate of drug-likeness (QED) is 0.548. The Morgan fingerprint density at radius 3 is 2.87 bits per heavy atom. The van der Waals surface area contributed by atoms with Gasteiger partial charge < -0.3 is 9.64 Å². The van der Waals surface area contributed by atoms with Crippen LogP contribution >= 0.6 is 15.9 Å². The molecule has 0 spiro atoms. The van der Waals surface area contributed by atoms with E-state index in [1.165, 1.54) is 12.1 Å². The van der Waals surface area contributed by atoms with Crippen molar-refractivity contribution < 1.29 is 9.13 Å². The van der Waals surface area contributed by atoms with E-state index in [4.69, 9.17) is 4.74 Å². The van der Waals surface area contributed by atoms with Crippen molar-refractivity contribution in [2.24, 2.45) is 4.99 Å². The highest BCUT2D eigenvalue weighted by Gasteiger charge is 2.09. The van der Waals surface area contributed by atoms with Gasteiger partial charge in [0.1, 0.15) is 12.4 Å². The summed E-state index contributed by atoms with van der Waals surface area (Å²) in [6.07, 6.45) is 1.77. The zero-order valence-corrected chi connectivity index (χ0v) is 15.0. The molecule has 0 aliphatic rings. The second kappa shape index (κ2) is 8.06. The van der Waals surface area contributed by atoms with E-state index in [2.05, 4.69) is 32.8 Å². The van der Waals surface area contributed by atoms with Crippen LogP contribution in [0.3, 0.4) is 0 Å². The second-order valence-corrected chi connectivity index (χ2v) is 5.97. The van der Waals surface area contributed by atoms with Crippen LogP contribution in [0.5, 0.6) is 5.88 Å². The van der Waals surface area contributed by atoms with Crippen LogP contribution in [0, 0.1) is 12.7 Å². The molecule has 4 nitrogen and oxygen atoms in total. The maximum absolute atomic E-state index is 13.2. The first kappa shape index (κ1) is 17.4. The number of rotatable bonds is 6. The minimum Gasteiger partial charge on any atom is -0.472 e. The Labute approximate surface area is 144 Å². The molecule has 0 aliphatic heterocycles. The van der Waals surface area contributed by atoms with Gasteiger partial charge in [-0.3, -0.25) is 0 Å². The van der Waals surface area contributed by atoms with E-state index in [-0.39, 0.29) is 12.4 Å². The lowest BCUT2D eigenvalue weighted by atomic mass is 10.2. The van der Waals surface area contributed by atoms with Crippen molar-refractivity contribution in [1.82, 2.24) is 9.88 Å². The molecule has 2 rings (SSSR count). The fraction of sp³-hybridized carbons (Fsp3) is 0.294. The molecule has 1 heterocycles. The van der Waals surface area contributed by atoms with Crippen LogP contribution < -0.4 is 4.74 Å². The summed E-state index contributed by atoms with van der Waals surface area (Å²) >= 11 is 3.44. The molecule has 0 atom stereocenters. The van der Waals surface area contributed by atoms with E-state index in [1.54, 1.807) is 12.4 Å². The average Bonchev–Trinajstić information content (AvgIpc) is 2.53. The molecule has 122 valence electrons. The molecular formula is C17H19BrFN3O. The van der Waals surface area contributed by atoms with Crippen LogP contribution in [0.15, 0.2) is 39.8 Å². The van der Waals surface area contributed by atoms with Crippen molar-refractivity contribution >= 4 is 28.0 Å². The van der Waals surface area contributed by atoms with Crippen LogP contribution in [0.1, 0.15) is 18.2 Å². The summed E-state index contributed by atoms with van der Waals surface area (Å²) in [6, 6.07) is 8.18. The molecule has 0 fully saturated rings. The fourth-order valence-electron chi connectivity index (χ4n) is 1.80. The summed E-state index contributed by atoms with van der Waals surface area (Å²) in [5, 5.41) is 0. The molecule has 0 unspecified atom stereocenters. The number of hydrogen-bond donors (Lipinski definition) is 0. The van der Waals surface area contributed by atoms with Crippen molar-refractivity contribution in [3.63, 3.8) is 0 Å². The summed E-state index contributed by atoms with van der Waals surface area (Å²) in [5.41, 5.74) is 2.29. The van der Waals surface area contributed by atoms with Gasteiger partial charge in [0.05, 0.1) is 22.2 Å². The first-order valence-corrected chi connectivity index (χ1v) is 8.07. The first-order chi connectivity index (χ1) is 11.0. The molecule has 0 bridgehead atoms. The number of hydrogen-bond acceptors (Lipinski definition) is 3. The average molecular weight is 380 g/mol. The maximum atomic E-state index is 13.2. The SMILES string of the molecule is CCN(C)/C=N/c1cc(Br)c(OCc2cccc(F)c2)nc1C. The smallest absolute Gasteiger partial charge is 0.228 e. The summed E-state index contributed by atoms with van der Waals surface area (Å²) in [6.45, 7) is 5.06. The minimum atomic E-state index is -0.279. The van der Waals surface area contributed by atoms with E-state index >= 15 is 0 Å². The Morgan fingerprint density at radius 1 is 1.39 bits per heavy atom. The summed E-state index contributed by atoms with van der Waals surface area (Å²) < 4.78 is 19.6. The van der Waals surface area contributed by atoms with Crippen LogP contribution in [-0.4, -0.2) is 29.8 Å². The van der Waals surface area contributed by atoms with E-state index < -0.39 is 0 Å². The number of nitrogens with zero attached hydrogens (tertiary/aromatic N) is 3. The Morgan fingerprint density at radius 2 is 2.17 bits per heavy atom. The molecule has 0 aliphatic carbocycles. The highest BCUT2D eigenvalue weighted by molar-refractivity contribution is 9.10. The molecule has 1 aromatic carbocycles. The third-order valence-corrected chi connectivity index (χ3v) is 3.83. The second-order valence-electron chi connectivity index (χ2n) is 5.12. The lowest BCUT2D eigenvalue weighted by molar-refractivity contribution is 0.290. The minimum absolute atomic E-state index is 0.254. The number of ether oxygens (including phenoxy) is 1. The van der Waals surface area contributed by atoms with Crippen molar-refractivity contribution in [2.75, 3.05) is 13.6 Å². The zero-order chi connectivity index (χ0) is 16.8. The Kier molecular flexibility index (Phi) is 6.10. The normalized spacial score (nSPS) is 11.0. The highest BCUT2D eigenvalue weighted by Crippen LogP contribution is 2.30. The maximum Gasteiger partial charge on any atom is 0.228 e. The van der Waals surface area contributed by atoms with E-state index in [0.29, 0.717) is 10.4 Å². The predicted molar refractivity (Wildman–Crippen MR) is 93.9 cm³/mol. The first-order valence-electron chi connectivity index (χ1n) is 7.28. The van der Waals surface area contributed by atoms with Gasteiger partial charge in [0.25, 0.3) is 0 Å². The molecule has 0 saturated heterocycles. The molecule has 6 heteroatoms. The zero-order valence-electron chi connectivity index (χ0n) is 13.4. The number of aliphatic imine (C=N–C) groups is 1. The van der Waals surface area contributed by atoms with Gasteiger partial charge in [-0.2, -0.15) is 0 Å². The lowest BCUT2D eigenvalue weighted by Crippen LogP contribution is -2.14. The van der Waals surface area contributed by atoms with Gasteiger partial charge in [-0.15, -0.1) is 0 Å². The monoisotopic (exact) mass is 379 g/mol. The van der Waals surface area contributed by atoms with Crippen molar-refractivity contribution in [2.45, 2.75) is 20.5 Å². The lowest BCUT2D eigenvalue weighted by Gasteiger charge is -2.11. The largest absolute Gasteiger partial charge is 0.472 e. The van der Waals surface area contributed by atoms with Crippen molar-refractivity contribution in [1.29, 1.82) is 0 Å². The summed E-state index contributed by atoms with van der Waals surface area (Å²) in [4.78, 5) is 10.8. The number of aromatic nitrogens is 1. The van der Waals surface area contributed by atoms with Crippen LogP contribution in [-0.2, 0) is 6.61 Å². The summed E-state index contributed by atoms with van der Waals surface area (Å²) in [7, 11) is 1.96. The highest BCUT2D eigenvalue weighted by atomic mass is 79.9. The summed E-state index contributed by atoms with van der Waals surface area (Å²) in [5.74, 6) is 0.189. The number of benzene rings is 1. The van der Waals surface area contributed by atoms with Gasteiger partial charge in [-0.05, 0) is 53.5 Å². The van der Waals surface area contributed by atoms with E-state index in [0.717, 1.165) is 23.5 Å². The molecule has 0 amide bonds. The van der Waals surface area contributed by atoms with Crippen LogP contribution in [0.4, 0.5) is 10.1 Å². The van der Waals surface area contributed by atoms with Crippen LogP contribution in [0.2, 0.25) is 0 Å². The van der Waals surface area contributed by atoms with Gasteiger partial charge in [-0.25, -0.2) is 14.4 Å². The number of aryl methyl sites for hydroxylation is 1. The van der Waals surface area contributed by atoms with E-state index in [9.17, 15) is 4.39 Å². The third-order valence-electron chi connectivity index (χ3n) is 3.27. The molecule has 1 aromatic heterocycles. The van der Waals surface area contributed by atoms with Gasteiger partial charge in [0.15, 0.2) is 0 Å². The van der Waals surface area contributed by atoms with Gasteiger partial charge in [0, 0.05) is 13.6 Å². The van der Waals surface area contributed by atoms with E-state index in [1.807, 2.05) is 31.0 Å². The molecule has 0 radical (unpaired) electrons. The molecular weight excluding hydrogens is 361 g/mol. The number of halogens is 2. The van der Waals surface area contributed by atoms with Gasteiger partial charge in [-0.1, -0.05) is 12.1 Å². The Balaban J connectivity index is 2.12. The van der Waals surface area contributed by atoms with Crippen molar-refractivity contribution in [3.05, 3.63) is 51.9 Å². The molecule has 0 saturated carbocycles. The van der Waals surface area contributed by atoms with Gasteiger partial charge in [0.2, 0.25) is 5.88 Å². The number of pyridine rings is 1. The molecule has 0 N–H and O–H groups in total. The molecule has 23 heavy (non-hydrogen) atoms. The van der Waals surface area contributed by atoms with Gasteiger partial charge >= 0.3 is 0 Å². The topological polar surface area (TPSA) is 37.7 Å². The predicted octanol–water partition coefficient (Wildman–Crippen LogP) is 4.48.